The maximum atomic E-state index is 12.9. The van der Waals surface area contributed by atoms with Gasteiger partial charge in [-0.25, -0.2) is 19.6 Å². The highest BCUT2D eigenvalue weighted by Gasteiger charge is 2.33. The second-order valence-corrected chi connectivity index (χ2v) is 8.78. The van der Waals surface area contributed by atoms with E-state index in [2.05, 4.69) is 14.9 Å². The van der Waals surface area contributed by atoms with Gasteiger partial charge >= 0.3 is 12.0 Å². The number of pyridine rings is 1. The van der Waals surface area contributed by atoms with E-state index in [0.29, 0.717) is 36.9 Å². The highest BCUT2D eigenvalue weighted by Crippen LogP contribution is 2.38. The molecular weight excluding hydrogens is 418 g/mol. The fraction of sp³-hybridized carbons (Fsp3) is 0.440. The molecule has 1 saturated carbocycles. The van der Waals surface area contributed by atoms with E-state index in [1.807, 2.05) is 23.2 Å². The van der Waals surface area contributed by atoms with E-state index in [1.165, 1.54) is 25.7 Å². The standard InChI is InChI=1S/C25H29N5O3/c1-2-33-24(31)18-9-11-19(12-10-18)27-25(32)29-15-13-20(16-29)30-22(17-6-3-4-7-17)28-21-8-5-14-26-23(21)30/h5,8-12,14,17,20H,2-4,6-7,13,15-16H2,1H3,(H,27,32)/t20-/m0/s1. The molecule has 2 aliphatic rings. The van der Waals surface area contributed by atoms with Crippen LogP contribution >= 0.6 is 0 Å². The molecule has 33 heavy (non-hydrogen) atoms. The number of fused-ring (bicyclic) bond motifs is 1. The van der Waals surface area contributed by atoms with Crippen molar-refractivity contribution in [2.45, 2.75) is 51.0 Å². The van der Waals surface area contributed by atoms with Crippen LogP contribution in [-0.2, 0) is 4.74 Å². The zero-order chi connectivity index (χ0) is 22.8. The first kappa shape index (κ1) is 21.4. The van der Waals surface area contributed by atoms with E-state index >= 15 is 0 Å². The lowest BCUT2D eigenvalue weighted by Crippen LogP contribution is -2.33. The number of carbonyl (C=O) groups excluding carboxylic acids is 2. The number of nitrogens with one attached hydrogen (secondary N) is 1. The lowest BCUT2D eigenvalue weighted by Gasteiger charge is -2.21. The normalized spacial score (nSPS) is 18.7. The first-order valence-electron chi connectivity index (χ1n) is 11.8. The molecule has 0 spiro atoms. The Bertz CT molecular complexity index is 1150. The van der Waals surface area contributed by atoms with Crippen LogP contribution in [0.25, 0.3) is 11.2 Å². The van der Waals surface area contributed by atoms with Crippen LogP contribution in [0.15, 0.2) is 42.6 Å². The topological polar surface area (TPSA) is 89.4 Å². The molecule has 1 aliphatic heterocycles. The molecule has 3 heterocycles. The lowest BCUT2D eigenvalue weighted by molar-refractivity contribution is 0.0526. The number of esters is 1. The SMILES string of the molecule is CCOC(=O)c1ccc(NC(=O)N2CC[C@H](n3c(C4CCCC4)nc4cccnc43)C2)cc1. The summed E-state index contributed by atoms with van der Waals surface area (Å²) in [5.74, 6) is 1.24. The maximum absolute atomic E-state index is 12.9. The van der Waals surface area contributed by atoms with Crippen molar-refractivity contribution < 1.29 is 14.3 Å². The molecule has 2 aromatic heterocycles. The van der Waals surface area contributed by atoms with Crippen molar-refractivity contribution in [1.29, 1.82) is 0 Å². The summed E-state index contributed by atoms with van der Waals surface area (Å²) >= 11 is 0. The van der Waals surface area contributed by atoms with Crippen LogP contribution in [0.5, 0.6) is 0 Å². The molecule has 1 saturated heterocycles. The number of nitrogens with zero attached hydrogens (tertiary/aromatic N) is 4. The summed E-state index contributed by atoms with van der Waals surface area (Å²) in [5, 5.41) is 2.95. The van der Waals surface area contributed by atoms with Crippen LogP contribution in [0.1, 0.15) is 67.2 Å². The first-order chi connectivity index (χ1) is 16.1. The van der Waals surface area contributed by atoms with Gasteiger partial charge in [0, 0.05) is 30.9 Å². The van der Waals surface area contributed by atoms with Gasteiger partial charge in [0.2, 0.25) is 0 Å². The van der Waals surface area contributed by atoms with Gasteiger partial charge in [0.25, 0.3) is 0 Å². The van der Waals surface area contributed by atoms with Gasteiger partial charge in [0.05, 0.1) is 18.2 Å². The monoisotopic (exact) mass is 447 g/mol. The molecule has 2 amide bonds. The maximum Gasteiger partial charge on any atom is 0.338 e. The van der Waals surface area contributed by atoms with E-state index in [1.54, 1.807) is 31.2 Å². The number of hydrogen-bond acceptors (Lipinski definition) is 5. The van der Waals surface area contributed by atoms with Crippen molar-refractivity contribution in [2.24, 2.45) is 0 Å². The Morgan fingerprint density at radius 1 is 1.12 bits per heavy atom. The van der Waals surface area contributed by atoms with Crippen molar-refractivity contribution in [3.63, 3.8) is 0 Å². The minimum Gasteiger partial charge on any atom is -0.462 e. The molecule has 0 bridgehead atoms. The minimum absolute atomic E-state index is 0.138. The Kier molecular flexibility index (Phi) is 5.98. The Morgan fingerprint density at radius 3 is 2.67 bits per heavy atom. The smallest absolute Gasteiger partial charge is 0.338 e. The van der Waals surface area contributed by atoms with Gasteiger partial charge in [-0.2, -0.15) is 0 Å². The van der Waals surface area contributed by atoms with Crippen LogP contribution in [0.3, 0.4) is 0 Å². The van der Waals surface area contributed by atoms with Gasteiger partial charge in [-0.1, -0.05) is 12.8 Å². The fourth-order valence-corrected chi connectivity index (χ4v) is 5.02. The third-order valence-corrected chi connectivity index (χ3v) is 6.66. The van der Waals surface area contributed by atoms with Crippen molar-refractivity contribution in [1.82, 2.24) is 19.4 Å². The average Bonchev–Trinajstić information content (AvgIpc) is 3.58. The van der Waals surface area contributed by atoms with Crippen molar-refractivity contribution in [3.8, 4) is 0 Å². The van der Waals surface area contributed by atoms with Crippen LogP contribution in [0.4, 0.5) is 10.5 Å². The number of amides is 2. The number of ether oxygens (including phenoxy) is 1. The van der Waals surface area contributed by atoms with E-state index < -0.39 is 0 Å². The van der Waals surface area contributed by atoms with E-state index in [-0.39, 0.29) is 18.0 Å². The quantitative estimate of drug-likeness (QED) is 0.571. The predicted octanol–water partition coefficient (Wildman–Crippen LogP) is 4.74. The average molecular weight is 448 g/mol. The molecule has 1 aliphatic carbocycles. The number of rotatable bonds is 5. The fourth-order valence-electron chi connectivity index (χ4n) is 5.02. The van der Waals surface area contributed by atoms with Gasteiger partial charge in [-0.15, -0.1) is 0 Å². The van der Waals surface area contributed by atoms with E-state index in [9.17, 15) is 9.59 Å². The number of anilines is 1. The summed E-state index contributed by atoms with van der Waals surface area (Å²) in [6.45, 7) is 3.40. The van der Waals surface area contributed by atoms with Crippen LogP contribution < -0.4 is 5.32 Å². The Hall–Kier alpha value is -3.42. The highest BCUT2D eigenvalue weighted by molar-refractivity contribution is 5.92. The summed E-state index contributed by atoms with van der Waals surface area (Å²) in [6.07, 6.45) is 7.52. The molecule has 5 rings (SSSR count). The second kappa shape index (κ2) is 9.21. The molecule has 8 heteroatoms. The van der Waals surface area contributed by atoms with E-state index in [4.69, 9.17) is 9.72 Å². The summed E-state index contributed by atoms with van der Waals surface area (Å²) in [4.78, 5) is 36.2. The van der Waals surface area contributed by atoms with Crippen LogP contribution in [0, 0.1) is 0 Å². The van der Waals surface area contributed by atoms with Gasteiger partial charge in [-0.3, -0.25) is 0 Å². The molecular formula is C25H29N5O3. The number of urea groups is 1. The second-order valence-electron chi connectivity index (χ2n) is 8.78. The Balaban J connectivity index is 1.30. The van der Waals surface area contributed by atoms with Gasteiger partial charge in [0.15, 0.2) is 5.65 Å². The van der Waals surface area contributed by atoms with Gasteiger partial charge in [0.1, 0.15) is 11.3 Å². The summed E-state index contributed by atoms with van der Waals surface area (Å²) in [5.41, 5.74) is 2.97. The highest BCUT2D eigenvalue weighted by atomic mass is 16.5. The largest absolute Gasteiger partial charge is 0.462 e. The Morgan fingerprint density at radius 2 is 1.91 bits per heavy atom. The number of carbonyl (C=O) groups is 2. The number of hydrogen-bond donors (Lipinski definition) is 1. The molecule has 2 fully saturated rings. The molecule has 1 atom stereocenters. The third-order valence-electron chi connectivity index (χ3n) is 6.66. The molecule has 8 nitrogen and oxygen atoms in total. The molecule has 1 N–H and O–H groups in total. The number of imidazole rings is 1. The molecule has 3 aromatic rings. The van der Waals surface area contributed by atoms with Crippen molar-refractivity contribution >= 4 is 28.9 Å². The Labute approximate surface area is 193 Å². The van der Waals surface area contributed by atoms with Crippen LogP contribution in [-0.4, -0.2) is 51.1 Å². The number of likely N-dealkylation sites (tertiary alicyclic amines) is 1. The first-order valence-corrected chi connectivity index (χ1v) is 11.8. The van der Waals surface area contributed by atoms with E-state index in [0.717, 1.165) is 23.4 Å². The predicted molar refractivity (Wildman–Crippen MR) is 125 cm³/mol. The molecule has 0 radical (unpaired) electrons. The van der Waals surface area contributed by atoms with Crippen molar-refractivity contribution in [2.75, 3.05) is 25.0 Å². The van der Waals surface area contributed by atoms with Gasteiger partial charge < -0.3 is 19.5 Å². The summed E-state index contributed by atoms with van der Waals surface area (Å²) < 4.78 is 7.31. The van der Waals surface area contributed by atoms with Crippen LogP contribution in [0.2, 0.25) is 0 Å². The van der Waals surface area contributed by atoms with Crippen molar-refractivity contribution in [3.05, 3.63) is 54.0 Å². The lowest BCUT2D eigenvalue weighted by atomic mass is 10.1. The summed E-state index contributed by atoms with van der Waals surface area (Å²) in [6, 6.07) is 10.8. The zero-order valence-electron chi connectivity index (χ0n) is 18.9. The number of benzene rings is 1. The van der Waals surface area contributed by atoms with Gasteiger partial charge in [-0.05, 0) is 62.6 Å². The summed E-state index contributed by atoms with van der Waals surface area (Å²) in [7, 11) is 0. The molecule has 0 unspecified atom stereocenters. The molecule has 1 aromatic carbocycles. The molecule has 172 valence electrons. The third kappa shape index (κ3) is 4.29. The number of aromatic nitrogens is 3. The zero-order valence-corrected chi connectivity index (χ0v) is 18.9. The minimum atomic E-state index is -0.364.